The topological polar surface area (TPSA) is 52.6 Å². The van der Waals surface area contributed by atoms with E-state index in [2.05, 4.69) is 37.4 Å². The quantitative estimate of drug-likeness (QED) is 0.822. The molecule has 2 N–H and O–H groups in total. The molecule has 0 saturated heterocycles. The van der Waals surface area contributed by atoms with Gasteiger partial charge < -0.3 is 15.3 Å². The lowest BCUT2D eigenvalue weighted by molar-refractivity contribution is -0.139. The minimum absolute atomic E-state index is 0.397. The lowest BCUT2D eigenvalue weighted by Crippen LogP contribution is -2.46. The second-order valence-corrected chi connectivity index (χ2v) is 5.50. The number of likely N-dealkylation sites (N-methyl/N-ethyl adjacent to an activating group) is 1. The van der Waals surface area contributed by atoms with Crippen molar-refractivity contribution in [2.24, 2.45) is 0 Å². The van der Waals surface area contributed by atoms with Gasteiger partial charge in [-0.1, -0.05) is 17.7 Å². The zero-order valence-corrected chi connectivity index (χ0v) is 11.8. The Kier molecular flexibility index (Phi) is 4.10. The van der Waals surface area contributed by atoms with Crippen molar-refractivity contribution in [2.45, 2.75) is 38.8 Å². The fraction of sp³-hybridized carbons (Fsp3) is 0.533. The molecule has 19 heavy (non-hydrogen) atoms. The van der Waals surface area contributed by atoms with Gasteiger partial charge in [-0.25, -0.2) is 0 Å². The second kappa shape index (κ2) is 5.61. The predicted octanol–water partition coefficient (Wildman–Crippen LogP) is 1.94. The van der Waals surface area contributed by atoms with Crippen LogP contribution < -0.4 is 10.2 Å². The molecule has 0 spiro atoms. The molecule has 0 bridgehead atoms. The molecule has 1 unspecified atom stereocenters. The average molecular weight is 262 g/mol. The molecule has 0 radical (unpaired) electrons. The monoisotopic (exact) mass is 262 g/mol. The number of nitrogens with zero attached hydrogens (tertiary/aromatic N) is 1. The van der Waals surface area contributed by atoms with Crippen LogP contribution in [0.2, 0.25) is 0 Å². The standard InChI is InChI=1S/C15H22N2O2/c1-10-4-7-14(11(2)8-10)17(3)9-13(15(18)19)16-12-5-6-12/h4,7-8,12-13,16H,5-6,9H2,1-3H3,(H,18,19). The number of nitrogens with one attached hydrogen (secondary N) is 1. The summed E-state index contributed by atoms with van der Waals surface area (Å²) in [7, 11) is 1.95. The smallest absolute Gasteiger partial charge is 0.322 e. The predicted molar refractivity (Wildman–Crippen MR) is 76.8 cm³/mol. The van der Waals surface area contributed by atoms with Crippen LogP contribution in [0, 0.1) is 13.8 Å². The van der Waals surface area contributed by atoms with Gasteiger partial charge in [0.15, 0.2) is 0 Å². The molecule has 1 aromatic rings. The van der Waals surface area contributed by atoms with E-state index in [1.54, 1.807) is 0 Å². The molecule has 1 aliphatic carbocycles. The lowest BCUT2D eigenvalue weighted by atomic mass is 10.1. The normalized spacial score (nSPS) is 16.2. The zero-order valence-electron chi connectivity index (χ0n) is 11.8. The number of hydrogen-bond donors (Lipinski definition) is 2. The Morgan fingerprint density at radius 1 is 1.47 bits per heavy atom. The molecule has 1 fully saturated rings. The Morgan fingerprint density at radius 3 is 2.68 bits per heavy atom. The molecule has 0 amide bonds. The summed E-state index contributed by atoms with van der Waals surface area (Å²) in [5, 5.41) is 12.5. The van der Waals surface area contributed by atoms with Crippen LogP contribution in [-0.2, 0) is 4.79 Å². The summed E-state index contributed by atoms with van der Waals surface area (Å²) in [6.45, 7) is 4.60. The Labute approximate surface area is 114 Å². The van der Waals surface area contributed by atoms with Crippen molar-refractivity contribution in [1.82, 2.24) is 5.32 Å². The van der Waals surface area contributed by atoms with E-state index in [0.717, 1.165) is 18.5 Å². The third kappa shape index (κ3) is 3.70. The molecule has 0 aliphatic heterocycles. The maximum absolute atomic E-state index is 11.3. The Hall–Kier alpha value is -1.55. The Bertz CT molecular complexity index is 469. The van der Waals surface area contributed by atoms with E-state index in [4.69, 9.17) is 0 Å². The van der Waals surface area contributed by atoms with Crippen molar-refractivity contribution in [3.05, 3.63) is 29.3 Å². The number of hydrogen-bond acceptors (Lipinski definition) is 3. The summed E-state index contributed by atoms with van der Waals surface area (Å²) in [5.41, 5.74) is 3.49. The van der Waals surface area contributed by atoms with Gasteiger partial charge in [-0.15, -0.1) is 0 Å². The minimum atomic E-state index is -0.775. The van der Waals surface area contributed by atoms with Gasteiger partial charge in [0, 0.05) is 25.3 Å². The van der Waals surface area contributed by atoms with Gasteiger partial charge in [0.2, 0.25) is 0 Å². The first-order valence-electron chi connectivity index (χ1n) is 6.74. The minimum Gasteiger partial charge on any atom is -0.480 e. The lowest BCUT2D eigenvalue weighted by Gasteiger charge is -2.25. The van der Waals surface area contributed by atoms with Crippen LogP contribution in [0.15, 0.2) is 18.2 Å². The SMILES string of the molecule is Cc1ccc(N(C)CC(NC2CC2)C(=O)O)c(C)c1. The third-order valence-electron chi connectivity index (χ3n) is 3.53. The van der Waals surface area contributed by atoms with Crippen LogP contribution in [0.1, 0.15) is 24.0 Å². The van der Waals surface area contributed by atoms with Crippen molar-refractivity contribution < 1.29 is 9.90 Å². The van der Waals surface area contributed by atoms with Crippen LogP contribution in [0.4, 0.5) is 5.69 Å². The van der Waals surface area contributed by atoms with Crippen LogP contribution >= 0.6 is 0 Å². The number of carboxylic acids is 1. The zero-order chi connectivity index (χ0) is 14.0. The van der Waals surface area contributed by atoms with Crippen LogP contribution in [0.3, 0.4) is 0 Å². The van der Waals surface area contributed by atoms with Crippen molar-refractivity contribution >= 4 is 11.7 Å². The van der Waals surface area contributed by atoms with Crippen molar-refractivity contribution in [1.29, 1.82) is 0 Å². The number of carbonyl (C=O) groups is 1. The molecule has 1 aromatic carbocycles. The molecule has 4 nitrogen and oxygen atoms in total. The molecule has 4 heteroatoms. The summed E-state index contributed by atoms with van der Waals surface area (Å²) in [5.74, 6) is -0.775. The van der Waals surface area contributed by atoms with E-state index in [-0.39, 0.29) is 0 Å². The Morgan fingerprint density at radius 2 is 2.16 bits per heavy atom. The summed E-state index contributed by atoms with van der Waals surface area (Å²) in [6, 6.07) is 6.13. The first-order valence-corrected chi connectivity index (χ1v) is 6.74. The summed E-state index contributed by atoms with van der Waals surface area (Å²) < 4.78 is 0. The molecular weight excluding hydrogens is 240 g/mol. The molecule has 0 heterocycles. The molecule has 1 atom stereocenters. The maximum atomic E-state index is 11.3. The molecule has 1 aliphatic rings. The van der Waals surface area contributed by atoms with Gasteiger partial charge in [0.25, 0.3) is 0 Å². The highest BCUT2D eigenvalue weighted by Crippen LogP contribution is 2.22. The highest BCUT2D eigenvalue weighted by atomic mass is 16.4. The van der Waals surface area contributed by atoms with Gasteiger partial charge in [0.05, 0.1) is 0 Å². The molecule has 1 saturated carbocycles. The van der Waals surface area contributed by atoms with Gasteiger partial charge in [0.1, 0.15) is 6.04 Å². The van der Waals surface area contributed by atoms with E-state index in [9.17, 15) is 9.90 Å². The van der Waals surface area contributed by atoms with E-state index < -0.39 is 12.0 Å². The highest BCUT2D eigenvalue weighted by Gasteiger charge is 2.29. The maximum Gasteiger partial charge on any atom is 0.322 e. The number of anilines is 1. The molecule has 2 rings (SSSR count). The van der Waals surface area contributed by atoms with Crippen molar-refractivity contribution in [2.75, 3.05) is 18.5 Å². The van der Waals surface area contributed by atoms with Gasteiger partial charge >= 0.3 is 5.97 Å². The summed E-state index contributed by atoms with van der Waals surface area (Å²) in [6.07, 6.45) is 2.19. The van der Waals surface area contributed by atoms with Gasteiger partial charge in [-0.2, -0.15) is 0 Å². The van der Waals surface area contributed by atoms with Crippen molar-refractivity contribution in [3.8, 4) is 0 Å². The fourth-order valence-corrected chi connectivity index (χ4v) is 2.34. The van der Waals surface area contributed by atoms with Gasteiger partial charge in [-0.05, 0) is 38.3 Å². The number of rotatable bonds is 6. The fourth-order valence-electron chi connectivity index (χ4n) is 2.34. The summed E-state index contributed by atoms with van der Waals surface area (Å²) >= 11 is 0. The highest BCUT2D eigenvalue weighted by molar-refractivity contribution is 5.74. The average Bonchev–Trinajstić information content (AvgIpc) is 3.11. The number of aryl methyl sites for hydroxylation is 2. The molecular formula is C15H22N2O2. The van der Waals surface area contributed by atoms with E-state index in [1.165, 1.54) is 11.1 Å². The summed E-state index contributed by atoms with van der Waals surface area (Å²) in [4.78, 5) is 13.3. The third-order valence-corrected chi connectivity index (χ3v) is 3.53. The molecule has 104 valence electrons. The van der Waals surface area contributed by atoms with E-state index >= 15 is 0 Å². The number of aliphatic carboxylic acids is 1. The number of benzene rings is 1. The van der Waals surface area contributed by atoms with E-state index in [1.807, 2.05) is 11.9 Å². The first-order chi connectivity index (χ1) is 8.97. The largest absolute Gasteiger partial charge is 0.480 e. The van der Waals surface area contributed by atoms with Crippen molar-refractivity contribution in [3.63, 3.8) is 0 Å². The van der Waals surface area contributed by atoms with Crippen LogP contribution in [-0.4, -0.2) is 36.8 Å². The Balaban J connectivity index is 2.04. The molecule has 0 aromatic heterocycles. The van der Waals surface area contributed by atoms with Crippen LogP contribution in [0.5, 0.6) is 0 Å². The first kappa shape index (κ1) is 13.9. The second-order valence-electron chi connectivity index (χ2n) is 5.50. The number of carboxylic acid groups (broad SMARTS) is 1. The van der Waals surface area contributed by atoms with Crippen LogP contribution in [0.25, 0.3) is 0 Å². The van der Waals surface area contributed by atoms with Gasteiger partial charge in [-0.3, -0.25) is 4.79 Å². The van der Waals surface area contributed by atoms with E-state index in [0.29, 0.717) is 12.6 Å².